The van der Waals surface area contributed by atoms with Gasteiger partial charge in [0.1, 0.15) is 22.5 Å². The molecule has 0 spiro atoms. The van der Waals surface area contributed by atoms with Crippen molar-refractivity contribution in [3.05, 3.63) is 97.1 Å². The maximum absolute atomic E-state index is 6.06. The topological polar surface area (TPSA) is 61.3 Å². The molecule has 5 nitrogen and oxygen atoms in total. The molecule has 0 radical (unpaired) electrons. The summed E-state index contributed by atoms with van der Waals surface area (Å²) in [4.78, 5) is 0. The minimum Gasteiger partial charge on any atom is -0.457 e. The van der Waals surface area contributed by atoms with E-state index in [4.69, 9.17) is 13.8 Å². The molecule has 0 N–H and O–H groups in total. The highest BCUT2D eigenvalue weighted by molar-refractivity contribution is 5.93. The summed E-state index contributed by atoms with van der Waals surface area (Å²) in [7, 11) is 0. The van der Waals surface area contributed by atoms with E-state index in [0.29, 0.717) is 11.5 Å². The van der Waals surface area contributed by atoms with E-state index in [2.05, 4.69) is 10.3 Å². The van der Waals surface area contributed by atoms with E-state index in [1.807, 2.05) is 97.1 Å². The van der Waals surface area contributed by atoms with Crippen LogP contribution in [0.5, 0.6) is 11.5 Å². The summed E-state index contributed by atoms with van der Waals surface area (Å²) in [5.41, 5.74) is 3.46. The van der Waals surface area contributed by atoms with Gasteiger partial charge in [-0.25, -0.2) is 0 Å². The minimum absolute atomic E-state index is 0.673. The fraction of sp³-hybridized carbons (Fsp3) is 0. The molecule has 0 unspecified atom stereocenters. The highest BCUT2D eigenvalue weighted by atomic mass is 16.5. The monoisotopic (exact) mass is 404 g/mol. The lowest BCUT2D eigenvalue weighted by atomic mass is 10.1. The maximum atomic E-state index is 6.06. The number of fused-ring (bicyclic) bond motifs is 2. The third-order valence-corrected chi connectivity index (χ3v) is 5.21. The summed E-state index contributed by atoms with van der Waals surface area (Å²) in [5, 5.41) is 10.3. The third-order valence-electron chi connectivity index (χ3n) is 5.21. The van der Waals surface area contributed by atoms with Crippen molar-refractivity contribution in [2.75, 3.05) is 0 Å². The molecule has 0 amide bonds. The Hall–Kier alpha value is -4.38. The van der Waals surface area contributed by atoms with Crippen LogP contribution in [0.3, 0.4) is 0 Å². The Kier molecular flexibility index (Phi) is 4.03. The first-order chi connectivity index (χ1) is 15.3. The quantitative estimate of drug-likeness (QED) is 0.314. The summed E-state index contributed by atoms with van der Waals surface area (Å²) in [6, 6.07) is 31.3. The van der Waals surface area contributed by atoms with Crippen LogP contribution >= 0.6 is 0 Å². The van der Waals surface area contributed by atoms with Gasteiger partial charge < -0.3 is 13.8 Å². The van der Waals surface area contributed by atoms with Crippen molar-refractivity contribution < 1.29 is 13.8 Å². The second-order valence-electron chi connectivity index (χ2n) is 7.22. The van der Waals surface area contributed by atoms with Gasteiger partial charge in [-0.15, -0.1) is 0 Å². The van der Waals surface area contributed by atoms with Gasteiger partial charge in [0.15, 0.2) is 11.5 Å². The Bertz CT molecular complexity index is 1390. The molecule has 0 bridgehead atoms. The molecule has 0 aliphatic heterocycles. The molecule has 0 aliphatic rings. The second kappa shape index (κ2) is 7.15. The van der Waals surface area contributed by atoms with Gasteiger partial charge in [-0.2, -0.15) is 0 Å². The van der Waals surface area contributed by atoms with E-state index in [1.54, 1.807) is 0 Å². The predicted molar refractivity (Wildman–Crippen MR) is 119 cm³/mol. The van der Waals surface area contributed by atoms with E-state index in [0.717, 1.165) is 44.5 Å². The molecule has 0 saturated heterocycles. The van der Waals surface area contributed by atoms with Crippen molar-refractivity contribution in [1.82, 2.24) is 10.3 Å². The van der Waals surface area contributed by atoms with E-state index in [1.165, 1.54) is 0 Å². The van der Waals surface area contributed by atoms with Crippen LogP contribution in [-0.4, -0.2) is 10.3 Å². The summed E-state index contributed by atoms with van der Waals surface area (Å²) < 4.78 is 17.2. The van der Waals surface area contributed by atoms with Gasteiger partial charge in [0.25, 0.3) is 0 Å². The Morgan fingerprint density at radius 2 is 0.968 bits per heavy atom. The van der Waals surface area contributed by atoms with Gasteiger partial charge in [0.2, 0.25) is 0 Å². The zero-order valence-electron chi connectivity index (χ0n) is 16.4. The molecule has 31 heavy (non-hydrogen) atoms. The van der Waals surface area contributed by atoms with Crippen molar-refractivity contribution in [2.24, 2.45) is 0 Å². The summed E-state index contributed by atoms with van der Waals surface area (Å²) in [5.74, 6) is 2.84. The lowest BCUT2D eigenvalue weighted by Crippen LogP contribution is -1.84. The molecule has 148 valence electrons. The molecule has 0 atom stereocenters. The molecule has 0 saturated carbocycles. The molecule has 6 rings (SSSR count). The summed E-state index contributed by atoms with van der Waals surface area (Å²) in [6.07, 6.45) is 0. The van der Waals surface area contributed by atoms with Crippen LogP contribution in [0.1, 0.15) is 0 Å². The number of hydrogen-bond acceptors (Lipinski definition) is 5. The SMILES string of the molecule is c1ccc(-c2onc3cc(Oc4ccc5c(-c6ccccc6)onc5c4)ccc23)cc1. The number of aromatic nitrogens is 2. The smallest absolute Gasteiger partial charge is 0.174 e. The van der Waals surface area contributed by atoms with E-state index < -0.39 is 0 Å². The molecule has 2 heterocycles. The number of ether oxygens (including phenoxy) is 1. The molecule has 6 aromatic rings. The lowest BCUT2D eigenvalue weighted by Gasteiger charge is -2.05. The first-order valence-corrected chi connectivity index (χ1v) is 9.93. The first-order valence-electron chi connectivity index (χ1n) is 9.93. The number of benzene rings is 4. The first kappa shape index (κ1) is 17.5. The van der Waals surface area contributed by atoms with Crippen LogP contribution in [-0.2, 0) is 0 Å². The Morgan fingerprint density at radius 3 is 1.42 bits per heavy atom. The van der Waals surface area contributed by atoms with Gasteiger partial charge in [0, 0.05) is 34.0 Å². The fourth-order valence-corrected chi connectivity index (χ4v) is 3.70. The van der Waals surface area contributed by atoms with E-state index >= 15 is 0 Å². The zero-order valence-corrected chi connectivity index (χ0v) is 16.4. The standard InChI is InChI=1S/C26H16N2O3/c1-3-7-17(8-4-1)25-21-13-11-19(15-23(21)27-30-25)29-20-12-14-22-24(16-20)28-31-26(22)18-9-5-2-6-10-18/h1-16H. The summed E-state index contributed by atoms with van der Waals surface area (Å²) in [6.45, 7) is 0. The number of rotatable bonds is 4. The van der Waals surface area contributed by atoms with Crippen LogP contribution in [0.4, 0.5) is 0 Å². The lowest BCUT2D eigenvalue weighted by molar-refractivity contribution is 0.439. The molecule has 2 aromatic heterocycles. The van der Waals surface area contributed by atoms with Crippen molar-refractivity contribution in [1.29, 1.82) is 0 Å². The van der Waals surface area contributed by atoms with Gasteiger partial charge in [0.05, 0.1) is 0 Å². The largest absolute Gasteiger partial charge is 0.457 e. The average molecular weight is 404 g/mol. The Labute approximate surface area is 177 Å². The molecule has 0 fully saturated rings. The number of hydrogen-bond donors (Lipinski definition) is 0. The van der Waals surface area contributed by atoms with Crippen molar-refractivity contribution in [3.63, 3.8) is 0 Å². The molecular formula is C26H16N2O3. The summed E-state index contributed by atoms with van der Waals surface area (Å²) >= 11 is 0. The average Bonchev–Trinajstić information content (AvgIpc) is 3.44. The van der Waals surface area contributed by atoms with Gasteiger partial charge in [-0.05, 0) is 24.3 Å². The highest BCUT2D eigenvalue weighted by Gasteiger charge is 2.13. The highest BCUT2D eigenvalue weighted by Crippen LogP contribution is 2.34. The molecule has 4 aromatic carbocycles. The van der Waals surface area contributed by atoms with Crippen molar-refractivity contribution >= 4 is 21.8 Å². The molecule has 5 heteroatoms. The maximum Gasteiger partial charge on any atom is 0.174 e. The van der Waals surface area contributed by atoms with Gasteiger partial charge in [-0.1, -0.05) is 71.0 Å². The van der Waals surface area contributed by atoms with Crippen molar-refractivity contribution in [3.8, 4) is 34.1 Å². The van der Waals surface area contributed by atoms with Crippen LogP contribution in [0.15, 0.2) is 106 Å². The Morgan fingerprint density at radius 1 is 0.516 bits per heavy atom. The van der Waals surface area contributed by atoms with Gasteiger partial charge in [-0.3, -0.25) is 0 Å². The molecule has 0 aliphatic carbocycles. The third kappa shape index (κ3) is 3.13. The van der Waals surface area contributed by atoms with E-state index in [9.17, 15) is 0 Å². The fourth-order valence-electron chi connectivity index (χ4n) is 3.70. The van der Waals surface area contributed by atoms with Crippen molar-refractivity contribution in [2.45, 2.75) is 0 Å². The minimum atomic E-state index is 0.673. The normalized spacial score (nSPS) is 11.2. The predicted octanol–water partition coefficient (Wildman–Crippen LogP) is 7.10. The number of nitrogens with zero attached hydrogens (tertiary/aromatic N) is 2. The van der Waals surface area contributed by atoms with Crippen LogP contribution in [0.2, 0.25) is 0 Å². The van der Waals surface area contributed by atoms with Crippen LogP contribution < -0.4 is 4.74 Å². The van der Waals surface area contributed by atoms with Crippen LogP contribution in [0.25, 0.3) is 44.5 Å². The van der Waals surface area contributed by atoms with Crippen LogP contribution in [0, 0.1) is 0 Å². The second-order valence-corrected chi connectivity index (χ2v) is 7.22. The van der Waals surface area contributed by atoms with Gasteiger partial charge >= 0.3 is 0 Å². The molecular weight excluding hydrogens is 388 g/mol. The Balaban J connectivity index is 1.31. The van der Waals surface area contributed by atoms with E-state index in [-0.39, 0.29) is 0 Å². The zero-order chi connectivity index (χ0) is 20.6.